The third-order valence-electron chi connectivity index (χ3n) is 3.13. The van der Waals surface area contributed by atoms with Crippen molar-refractivity contribution >= 4 is 17.3 Å². The molecule has 1 saturated heterocycles. The van der Waals surface area contributed by atoms with E-state index in [9.17, 15) is 10.1 Å². The van der Waals surface area contributed by atoms with Crippen LogP contribution in [0.4, 0.5) is 17.3 Å². The molecule has 2 heterocycles. The number of hydrogen-bond acceptors (Lipinski definition) is 6. The molecule has 0 aromatic carbocycles. The van der Waals surface area contributed by atoms with Crippen molar-refractivity contribution in [1.29, 1.82) is 0 Å². The van der Waals surface area contributed by atoms with Crippen LogP contribution in [0.25, 0.3) is 0 Å². The molecular weight excluding hydrogens is 260 g/mol. The molecule has 0 atom stereocenters. The van der Waals surface area contributed by atoms with E-state index in [4.69, 9.17) is 4.74 Å². The molecule has 0 bridgehead atoms. The molecule has 0 spiro atoms. The third-order valence-corrected chi connectivity index (χ3v) is 3.13. The van der Waals surface area contributed by atoms with E-state index in [1.54, 1.807) is 6.07 Å². The number of pyridine rings is 1. The van der Waals surface area contributed by atoms with Gasteiger partial charge in [-0.25, -0.2) is 4.98 Å². The SMILES string of the molecule is CCCNc1ccc([N+](=O)[O-])c(N2CCCOCC2)n1. The largest absolute Gasteiger partial charge is 0.380 e. The van der Waals surface area contributed by atoms with Crippen LogP contribution in [0.3, 0.4) is 0 Å². The van der Waals surface area contributed by atoms with Gasteiger partial charge in [-0.05, 0) is 18.9 Å². The topological polar surface area (TPSA) is 80.5 Å². The van der Waals surface area contributed by atoms with E-state index in [0.717, 1.165) is 25.9 Å². The molecule has 0 unspecified atom stereocenters. The predicted octanol–water partition coefficient (Wildman–Crippen LogP) is 2.04. The van der Waals surface area contributed by atoms with E-state index in [1.165, 1.54) is 6.07 Å². The van der Waals surface area contributed by atoms with Crippen LogP contribution in [0.15, 0.2) is 12.1 Å². The van der Waals surface area contributed by atoms with E-state index in [1.807, 2.05) is 4.90 Å². The summed E-state index contributed by atoms with van der Waals surface area (Å²) in [6.45, 7) is 5.48. The summed E-state index contributed by atoms with van der Waals surface area (Å²) in [6, 6.07) is 3.18. The molecule has 1 fully saturated rings. The summed E-state index contributed by atoms with van der Waals surface area (Å²) in [5.74, 6) is 1.11. The van der Waals surface area contributed by atoms with Crippen molar-refractivity contribution in [3.8, 4) is 0 Å². The Hall–Kier alpha value is -1.89. The Bertz CT molecular complexity index is 459. The van der Waals surface area contributed by atoms with Crippen LogP contribution >= 0.6 is 0 Å². The fourth-order valence-electron chi connectivity index (χ4n) is 2.13. The van der Waals surface area contributed by atoms with Crippen molar-refractivity contribution < 1.29 is 9.66 Å². The van der Waals surface area contributed by atoms with Crippen LogP contribution in [0, 0.1) is 10.1 Å². The highest BCUT2D eigenvalue weighted by molar-refractivity contribution is 5.61. The van der Waals surface area contributed by atoms with Gasteiger partial charge in [0.2, 0.25) is 5.82 Å². The quantitative estimate of drug-likeness (QED) is 0.656. The highest BCUT2D eigenvalue weighted by Crippen LogP contribution is 2.28. The van der Waals surface area contributed by atoms with Crippen LogP contribution in [0.5, 0.6) is 0 Å². The van der Waals surface area contributed by atoms with Gasteiger partial charge in [-0.3, -0.25) is 10.1 Å². The van der Waals surface area contributed by atoms with Crippen LogP contribution in [0.2, 0.25) is 0 Å². The van der Waals surface area contributed by atoms with Crippen molar-refractivity contribution in [2.24, 2.45) is 0 Å². The van der Waals surface area contributed by atoms with Gasteiger partial charge < -0.3 is 15.0 Å². The van der Waals surface area contributed by atoms with Crippen LogP contribution < -0.4 is 10.2 Å². The molecule has 1 N–H and O–H groups in total. The monoisotopic (exact) mass is 280 g/mol. The van der Waals surface area contributed by atoms with E-state index >= 15 is 0 Å². The van der Waals surface area contributed by atoms with Gasteiger partial charge in [0.15, 0.2) is 0 Å². The van der Waals surface area contributed by atoms with Gasteiger partial charge in [-0.1, -0.05) is 6.92 Å². The van der Waals surface area contributed by atoms with E-state index in [2.05, 4.69) is 17.2 Å². The summed E-state index contributed by atoms with van der Waals surface area (Å²) in [5, 5.41) is 14.3. The number of nitro groups is 1. The van der Waals surface area contributed by atoms with Gasteiger partial charge in [-0.2, -0.15) is 0 Å². The Balaban J connectivity index is 2.27. The van der Waals surface area contributed by atoms with Gasteiger partial charge in [0, 0.05) is 32.3 Å². The van der Waals surface area contributed by atoms with Crippen molar-refractivity contribution in [2.45, 2.75) is 19.8 Å². The van der Waals surface area contributed by atoms with Crippen molar-refractivity contribution in [3.05, 3.63) is 22.2 Å². The Labute approximate surface area is 118 Å². The predicted molar refractivity (Wildman–Crippen MR) is 77.3 cm³/mol. The van der Waals surface area contributed by atoms with E-state index < -0.39 is 0 Å². The molecule has 1 aromatic rings. The van der Waals surface area contributed by atoms with Gasteiger partial charge in [0.25, 0.3) is 0 Å². The molecular formula is C13H20N4O3. The van der Waals surface area contributed by atoms with E-state index in [-0.39, 0.29) is 10.6 Å². The van der Waals surface area contributed by atoms with Gasteiger partial charge >= 0.3 is 5.69 Å². The van der Waals surface area contributed by atoms with Crippen LogP contribution in [-0.2, 0) is 4.74 Å². The highest BCUT2D eigenvalue weighted by atomic mass is 16.6. The second-order valence-electron chi connectivity index (χ2n) is 4.68. The van der Waals surface area contributed by atoms with Crippen molar-refractivity contribution in [3.63, 3.8) is 0 Å². The zero-order valence-electron chi connectivity index (χ0n) is 11.7. The first-order chi connectivity index (χ1) is 9.72. The van der Waals surface area contributed by atoms with Gasteiger partial charge in [-0.15, -0.1) is 0 Å². The Morgan fingerprint density at radius 2 is 2.30 bits per heavy atom. The summed E-state index contributed by atoms with van der Waals surface area (Å²) in [7, 11) is 0. The van der Waals surface area contributed by atoms with Crippen LogP contribution in [-0.4, -0.2) is 42.8 Å². The summed E-state index contributed by atoms with van der Waals surface area (Å²) in [5.41, 5.74) is 0.0500. The zero-order chi connectivity index (χ0) is 14.4. The van der Waals surface area contributed by atoms with E-state index in [0.29, 0.717) is 31.4 Å². The van der Waals surface area contributed by atoms with Gasteiger partial charge in [0.05, 0.1) is 11.5 Å². The maximum absolute atomic E-state index is 11.2. The molecule has 0 radical (unpaired) electrons. The lowest BCUT2D eigenvalue weighted by molar-refractivity contribution is -0.384. The molecule has 0 amide bonds. The minimum Gasteiger partial charge on any atom is -0.380 e. The number of nitrogens with zero attached hydrogens (tertiary/aromatic N) is 3. The molecule has 1 aromatic heterocycles. The lowest BCUT2D eigenvalue weighted by Crippen LogP contribution is -2.27. The Morgan fingerprint density at radius 3 is 3.05 bits per heavy atom. The first-order valence-corrected chi connectivity index (χ1v) is 6.94. The second-order valence-corrected chi connectivity index (χ2v) is 4.68. The van der Waals surface area contributed by atoms with Crippen molar-refractivity contribution in [2.75, 3.05) is 43.1 Å². The second kappa shape index (κ2) is 7.04. The lowest BCUT2D eigenvalue weighted by Gasteiger charge is -2.21. The maximum Gasteiger partial charge on any atom is 0.311 e. The molecule has 0 saturated carbocycles. The lowest BCUT2D eigenvalue weighted by atomic mass is 10.3. The first kappa shape index (κ1) is 14.5. The average Bonchev–Trinajstić information content (AvgIpc) is 2.73. The fourth-order valence-corrected chi connectivity index (χ4v) is 2.13. The summed E-state index contributed by atoms with van der Waals surface area (Å²) in [4.78, 5) is 17.1. The first-order valence-electron chi connectivity index (χ1n) is 6.94. The van der Waals surface area contributed by atoms with Gasteiger partial charge in [0.1, 0.15) is 5.82 Å². The normalized spacial score (nSPS) is 15.8. The molecule has 7 heteroatoms. The number of hydrogen-bond donors (Lipinski definition) is 1. The highest BCUT2D eigenvalue weighted by Gasteiger charge is 2.22. The third kappa shape index (κ3) is 3.57. The standard InChI is InChI=1S/C13H20N4O3/c1-2-6-14-12-5-4-11(17(18)19)13(15-12)16-7-3-9-20-10-8-16/h4-5H,2-3,6-10H2,1H3,(H,14,15). The number of nitrogens with one attached hydrogen (secondary N) is 1. The number of anilines is 2. The summed E-state index contributed by atoms with van der Waals surface area (Å²) >= 11 is 0. The molecule has 20 heavy (non-hydrogen) atoms. The van der Waals surface area contributed by atoms with Crippen LogP contribution in [0.1, 0.15) is 19.8 Å². The average molecular weight is 280 g/mol. The number of ether oxygens (including phenoxy) is 1. The molecule has 1 aliphatic heterocycles. The Morgan fingerprint density at radius 1 is 1.45 bits per heavy atom. The molecule has 7 nitrogen and oxygen atoms in total. The minimum atomic E-state index is -0.377. The maximum atomic E-state index is 11.2. The Kier molecular flexibility index (Phi) is 5.11. The molecule has 110 valence electrons. The molecule has 2 rings (SSSR count). The number of aromatic nitrogens is 1. The fraction of sp³-hybridized carbons (Fsp3) is 0.615. The molecule has 0 aliphatic carbocycles. The summed E-state index contributed by atoms with van der Waals surface area (Å²) < 4.78 is 5.39. The van der Waals surface area contributed by atoms with Crippen molar-refractivity contribution in [1.82, 2.24) is 4.98 Å². The zero-order valence-corrected chi connectivity index (χ0v) is 11.7. The minimum absolute atomic E-state index is 0.0500. The summed E-state index contributed by atoms with van der Waals surface area (Å²) in [6.07, 6.45) is 1.83. The smallest absolute Gasteiger partial charge is 0.311 e. The number of rotatable bonds is 5. The molecule has 1 aliphatic rings.